The molecule has 1 heterocycles. The van der Waals surface area contributed by atoms with E-state index in [0.717, 1.165) is 22.3 Å². The van der Waals surface area contributed by atoms with Crippen molar-refractivity contribution in [1.29, 1.82) is 5.26 Å². The summed E-state index contributed by atoms with van der Waals surface area (Å²) < 4.78 is 10.6. The number of nitriles is 1. The highest BCUT2D eigenvalue weighted by molar-refractivity contribution is 6.01. The van der Waals surface area contributed by atoms with Crippen LogP contribution in [0.15, 0.2) is 42.5 Å². The SMILES string of the molecule is COc1ccc(-c2ccc(OC)c3nc(NC(C)=O)c(C#N)cc23)cc1. The van der Waals surface area contributed by atoms with Crippen molar-refractivity contribution in [3.63, 3.8) is 0 Å². The van der Waals surface area contributed by atoms with Gasteiger partial charge in [-0.1, -0.05) is 12.1 Å². The highest BCUT2D eigenvalue weighted by Gasteiger charge is 2.15. The lowest BCUT2D eigenvalue weighted by Gasteiger charge is -2.13. The number of anilines is 1. The van der Waals surface area contributed by atoms with Gasteiger partial charge in [0, 0.05) is 12.3 Å². The fourth-order valence-corrected chi connectivity index (χ4v) is 2.77. The van der Waals surface area contributed by atoms with Crippen molar-refractivity contribution in [2.24, 2.45) is 0 Å². The van der Waals surface area contributed by atoms with Crippen molar-refractivity contribution in [2.75, 3.05) is 19.5 Å². The van der Waals surface area contributed by atoms with Crippen LogP contribution in [-0.4, -0.2) is 25.1 Å². The predicted molar refractivity (Wildman–Crippen MR) is 99.3 cm³/mol. The van der Waals surface area contributed by atoms with Crippen LogP contribution in [-0.2, 0) is 4.79 Å². The summed E-state index contributed by atoms with van der Waals surface area (Å²) >= 11 is 0. The predicted octanol–water partition coefficient (Wildman–Crippen LogP) is 3.75. The van der Waals surface area contributed by atoms with E-state index in [9.17, 15) is 10.1 Å². The number of carbonyl (C=O) groups is 1. The van der Waals surface area contributed by atoms with Gasteiger partial charge in [-0.3, -0.25) is 4.79 Å². The van der Waals surface area contributed by atoms with E-state index in [4.69, 9.17) is 9.47 Å². The van der Waals surface area contributed by atoms with Gasteiger partial charge < -0.3 is 14.8 Å². The number of nitrogens with zero attached hydrogens (tertiary/aromatic N) is 2. The van der Waals surface area contributed by atoms with E-state index in [1.54, 1.807) is 20.3 Å². The lowest BCUT2D eigenvalue weighted by Crippen LogP contribution is -2.09. The van der Waals surface area contributed by atoms with Gasteiger partial charge in [-0.05, 0) is 41.5 Å². The zero-order chi connectivity index (χ0) is 18.7. The number of carbonyl (C=O) groups excluding carboxylic acids is 1. The molecule has 0 aliphatic carbocycles. The first-order valence-electron chi connectivity index (χ1n) is 7.91. The van der Waals surface area contributed by atoms with E-state index in [1.165, 1.54) is 6.92 Å². The minimum Gasteiger partial charge on any atom is -0.497 e. The molecule has 0 spiro atoms. The van der Waals surface area contributed by atoms with Crippen LogP contribution in [0, 0.1) is 11.3 Å². The van der Waals surface area contributed by atoms with Crippen LogP contribution in [0.5, 0.6) is 11.5 Å². The van der Waals surface area contributed by atoms with Crippen molar-refractivity contribution >= 4 is 22.6 Å². The number of fused-ring (bicyclic) bond motifs is 1. The molecule has 1 amide bonds. The molecule has 0 aliphatic rings. The van der Waals surface area contributed by atoms with Crippen LogP contribution in [0.3, 0.4) is 0 Å². The molecule has 130 valence electrons. The Morgan fingerprint density at radius 1 is 1.12 bits per heavy atom. The van der Waals surface area contributed by atoms with Gasteiger partial charge in [-0.25, -0.2) is 4.98 Å². The second kappa shape index (κ2) is 7.11. The molecule has 0 radical (unpaired) electrons. The Bertz CT molecular complexity index is 1020. The van der Waals surface area contributed by atoms with Gasteiger partial charge in [0.15, 0.2) is 5.82 Å². The molecule has 1 N–H and O–H groups in total. The number of pyridine rings is 1. The number of methoxy groups -OCH3 is 2. The molecule has 6 heteroatoms. The first-order chi connectivity index (χ1) is 12.6. The van der Waals surface area contributed by atoms with Crippen molar-refractivity contribution in [1.82, 2.24) is 4.98 Å². The highest BCUT2D eigenvalue weighted by Crippen LogP contribution is 2.36. The minimum absolute atomic E-state index is 0.220. The fraction of sp³-hybridized carbons (Fsp3) is 0.150. The molecule has 1 aromatic heterocycles. The Morgan fingerprint density at radius 2 is 1.85 bits per heavy atom. The lowest BCUT2D eigenvalue weighted by molar-refractivity contribution is -0.114. The van der Waals surface area contributed by atoms with Crippen molar-refractivity contribution in [3.05, 3.63) is 48.0 Å². The number of benzene rings is 2. The molecule has 0 saturated heterocycles. The van der Waals surface area contributed by atoms with Gasteiger partial charge in [0.1, 0.15) is 23.1 Å². The van der Waals surface area contributed by atoms with E-state index in [0.29, 0.717) is 11.3 Å². The summed E-state index contributed by atoms with van der Waals surface area (Å²) in [7, 11) is 3.17. The number of ether oxygens (including phenoxy) is 2. The van der Waals surface area contributed by atoms with Crippen molar-refractivity contribution < 1.29 is 14.3 Å². The third-order valence-corrected chi connectivity index (χ3v) is 3.98. The number of amides is 1. The quantitative estimate of drug-likeness (QED) is 0.777. The molecule has 6 nitrogen and oxygen atoms in total. The number of aromatic nitrogens is 1. The lowest BCUT2D eigenvalue weighted by atomic mass is 9.99. The van der Waals surface area contributed by atoms with E-state index < -0.39 is 0 Å². The average molecular weight is 347 g/mol. The Labute approximate surface area is 151 Å². The zero-order valence-corrected chi connectivity index (χ0v) is 14.7. The Balaban J connectivity index is 2.27. The van der Waals surface area contributed by atoms with Crippen LogP contribution in [0.4, 0.5) is 5.82 Å². The summed E-state index contributed by atoms with van der Waals surface area (Å²) in [5.41, 5.74) is 2.72. The number of nitrogens with one attached hydrogen (secondary N) is 1. The van der Waals surface area contributed by atoms with E-state index in [2.05, 4.69) is 16.4 Å². The molecule has 3 rings (SSSR count). The molecule has 0 atom stereocenters. The maximum atomic E-state index is 11.4. The molecule has 0 aliphatic heterocycles. The summed E-state index contributed by atoms with van der Waals surface area (Å²) in [5.74, 6) is 1.25. The summed E-state index contributed by atoms with van der Waals surface area (Å²) in [6.45, 7) is 1.37. The molecule has 0 fully saturated rings. The highest BCUT2D eigenvalue weighted by atomic mass is 16.5. The first kappa shape index (κ1) is 17.2. The molecule has 0 saturated carbocycles. The molecule has 0 bridgehead atoms. The van der Waals surface area contributed by atoms with E-state index in [1.807, 2.05) is 36.4 Å². The maximum absolute atomic E-state index is 11.4. The van der Waals surface area contributed by atoms with Crippen LogP contribution in [0.1, 0.15) is 12.5 Å². The smallest absolute Gasteiger partial charge is 0.222 e. The molecule has 26 heavy (non-hydrogen) atoms. The van der Waals surface area contributed by atoms with Crippen molar-refractivity contribution in [3.8, 4) is 28.7 Å². The second-order valence-electron chi connectivity index (χ2n) is 5.62. The third kappa shape index (κ3) is 3.15. The Kier molecular flexibility index (Phi) is 4.72. The number of hydrogen-bond acceptors (Lipinski definition) is 5. The molecule has 2 aromatic carbocycles. The van der Waals surface area contributed by atoms with Crippen LogP contribution < -0.4 is 14.8 Å². The molecule has 0 unspecified atom stereocenters. The van der Waals surface area contributed by atoms with E-state index in [-0.39, 0.29) is 17.3 Å². The normalized spacial score (nSPS) is 10.2. The van der Waals surface area contributed by atoms with Crippen LogP contribution in [0.25, 0.3) is 22.0 Å². The van der Waals surface area contributed by atoms with Gasteiger partial charge in [0.2, 0.25) is 5.91 Å². The zero-order valence-electron chi connectivity index (χ0n) is 14.7. The molecular weight excluding hydrogens is 330 g/mol. The van der Waals surface area contributed by atoms with Gasteiger partial charge in [0.05, 0.1) is 19.8 Å². The standard InChI is InChI=1S/C20H17N3O3/c1-12(24)22-20-14(11-21)10-17-16(8-9-18(26-3)19(17)23-20)13-4-6-15(25-2)7-5-13/h4-10H,1-3H3,(H,22,23,24). The van der Waals surface area contributed by atoms with Gasteiger partial charge in [0.25, 0.3) is 0 Å². The topological polar surface area (TPSA) is 84.2 Å². The van der Waals surface area contributed by atoms with Gasteiger partial charge >= 0.3 is 0 Å². The van der Waals surface area contributed by atoms with Crippen molar-refractivity contribution in [2.45, 2.75) is 6.92 Å². The maximum Gasteiger partial charge on any atom is 0.222 e. The van der Waals surface area contributed by atoms with Gasteiger partial charge in [-0.15, -0.1) is 0 Å². The summed E-state index contributed by atoms with van der Waals surface area (Å²) in [5, 5.41) is 12.8. The second-order valence-corrected chi connectivity index (χ2v) is 5.62. The summed E-state index contributed by atoms with van der Waals surface area (Å²) in [4.78, 5) is 15.9. The Hall–Kier alpha value is -3.59. The van der Waals surface area contributed by atoms with Crippen LogP contribution in [0.2, 0.25) is 0 Å². The summed E-state index contributed by atoms with van der Waals surface area (Å²) in [6, 6.07) is 15.2. The Morgan fingerprint density at radius 3 is 2.42 bits per heavy atom. The monoisotopic (exact) mass is 347 g/mol. The van der Waals surface area contributed by atoms with E-state index >= 15 is 0 Å². The first-order valence-corrected chi connectivity index (χ1v) is 7.91. The summed E-state index contributed by atoms with van der Waals surface area (Å²) in [6.07, 6.45) is 0. The van der Waals surface area contributed by atoms with Crippen LogP contribution >= 0.6 is 0 Å². The average Bonchev–Trinajstić information content (AvgIpc) is 2.66. The minimum atomic E-state index is -0.293. The third-order valence-electron chi connectivity index (χ3n) is 3.98. The molecular formula is C20H17N3O3. The number of hydrogen-bond donors (Lipinski definition) is 1. The number of rotatable bonds is 4. The van der Waals surface area contributed by atoms with Gasteiger partial charge in [-0.2, -0.15) is 5.26 Å². The molecule has 3 aromatic rings. The fourth-order valence-electron chi connectivity index (χ4n) is 2.77. The largest absolute Gasteiger partial charge is 0.497 e.